The van der Waals surface area contributed by atoms with Crippen molar-refractivity contribution in [1.82, 2.24) is 9.80 Å². The Kier molecular flexibility index (Phi) is 7.14. The topological polar surface area (TPSA) is 51.2 Å². The van der Waals surface area contributed by atoms with Crippen molar-refractivity contribution in [2.45, 2.75) is 6.54 Å². The molecule has 0 saturated carbocycles. The first-order valence-corrected chi connectivity index (χ1v) is 9.68. The van der Waals surface area contributed by atoms with Crippen LogP contribution in [0.5, 0.6) is 17.2 Å². The highest BCUT2D eigenvalue weighted by molar-refractivity contribution is 5.92. The maximum atomic E-state index is 12.6. The summed E-state index contributed by atoms with van der Waals surface area (Å²) in [5.41, 5.74) is 2.12. The van der Waals surface area contributed by atoms with Crippen molar-refractivity contribution in [3.8, 4) is 17.2 Å². The maximum Gasteiger partial charge on any atom is 0.246 e. The molecule has 154 valence electrons. The third kappa shape index (κ3) is 5.29. The van der Waals surface area contributed by atoms with E-state index in [1.807, 2.05) is 23.1 Å². The SMILES string of the molecule is COc1cc(/C=C/C(=O)N2CCN(Cc3ccccc3)CC2)cc(OC)c1OC. The van der Waals surface area contributed by atoms with Crippen molar-refractivity contribution in [3.63, 3.8) is 0 Å². The lowest BCUT2D eigenvalue weighted by molar-refractivity contribution is -0.127. The van der Waals surface area contributed by atoms with Crippen molar-refractivity contribution < 1.29 is 19.0 Å². The first-order chi connectivity index (χ1) is 14.1. The largest absolute Gasteiger partial charge is 0.493 e. The van der Waals surface area contributed by atoms with Crippen molar-refractivity contribution in [2.24, 2.45) is 0 Å². The molecule has 0 aromatic heterocycles. The van der Waals surface area contributed by atoms with E-state index in [1.165, 1.54) is 5.56 Å². The number of carbonyl (C=O) groups is 1. The molecule has 0 aliphatic carbocycles. The van der Waals surface area contributed by atoms with Crippen LogP contribution >= 0.6 is 0 Å². The molecule has 3 rings (SSSR count). The van der Waals surface area contributed by atoms with E-state index in [0.29, 0.717) is 17.2 Å². The predicted octanol–water partition coefficient (Wildman–Crippen LogP) is 3.07. The molecule has 0 bridgehead atoms. The van der Waals surface area contributed by atoms with E-state index < -0.39 is 0 Å². The summed E-state index contributed by atoms with van der Waals surface area (Å²) in [5.74, 6) is 1.67. The van der Waals surface area contributed by atoms with Crippen LogP contribution in [0.1, 0.15) is 11.1 Å². The zero-order valence-electron chi connectivity index (χ0n) is 17.3. The molecule has 2 aromatic carbocycles. The maximum absolute atomic E-state index is 12.6. The van der Waals surface area contributed by atoms with Crippen LogP contribution in [0.4, 0.5) is 0 Å². The predicted molar refractivity (Wildman–Crippen MR) is 113 cm³/mol. The Morgan fingerprint density at radius 1 is 0.931 bits per heavy atom. The fourth-order valence-corrected chi connectivity index (χ4v) is 3.44. The van der Waals surface area contributed by atoms with Crippen LogP contribution in [0.25, 0.3) is 6.08 Å². The van der Waals surface area contributed by atoms with Crippen LogP contribution in [-0.2, 0) is 11.3 Å². The van der Waals surface area contributed by atoms with Crippen LogP contribution in [0.15, 0.2) is 48.5 Å². The number of carbonyl (C=O) groups excluding carboxylic acids is 1. The highest BCUT2D eigenvalue weighted by atomic mass is 16.5. The van der Waals surface area contributed by atoms with Crippen molar-refractivity contribution in [1.29, 1.82) is 0 Å². The van der Waals surface area contributed by atoms with Gasteiger partial charge in [-0.3, -0.25) is 9.69 Å². The van der Waals surface area contributed by atoms with Crippen molar-refractivity contribution >= 4 is 12.0 Å². The Labute approximate surface area is 172 Å². The number of amides is 1. The Balaban J connectivity index is 1.59. The fourth-order valence-electron chi connectivity index (χ4n) is 3.44. The number of nitrogens with zero attached hydrogens (tertiary/aromatic N) is 2. The molecule has 6 nitrogen and oxygen atoms in total. The van der Waals surface area contributed by atoms with Gasteiger partial charge >= 0.3 is 0 Å². The summed E-state index contributed by atoms with van der Waals surface area (Å²) in [6.07, 6.45) is 3.39. The number of rotatable bonds is 7. The van der Waals surface area contributed by atoms with Gasteiger partial charge in [0.2, 0.25) is 11.7 Å². The minimum atomic E-state index is 0.0121. The number of benzene rings is 2. The van der Waals surface area contributed by atoms with Gasteiger partial charge in [-0.05, 0) is 29.3 Å². The summed E-state index contributed by atoms with van der Waals surface area (Å²) >= 11 is 0. The van der Waals surface area contributed by atoms with E-state index in [4.69, 9.17) is 14.2 Å². The fraction of sp³-hybridized carbons (Fsp3) is 0.348. The minimum Gasteiger partial charge on any atom is -0.493 e. The Morgan fingerprint density at radius 2 is 1.55 bits per heavy atom. The monoisotopic (exact) mass is 396 g/mol. The average molecular weight is 396 g/mol. The molecule has 2 aromatic rings. The molecule has 1 saturated heterocycles. The van der Waals surface area contributed by atoms with Gasteiger partial charge in [-0.15, -0.1) is 0 Å². The molecule has 0 atom stereocenters. The second-order valence-corrected chi connectivity index (χ2v) is 6.88. The lowest BCUT2D eigenvalue weighted by Gasteiger charge is -2.34. The number of piperazine rings is 1. The molecular weight excluding hydrogens is 368 g/mol. The number of hydrogen-bond donors (Lipinski definition) is 0. The second kappa shape index (κ2) is 9.98. The number of ether oxygens (including phenoxy) is 3. The van der Waals surface area contributed by atoms with Gasteiger partial charge in [-0.25, -0.2) is 0 Å². The van der Waals surface area contributed by atoms with Crippen molar-refractivity contribution in [2.75, 3.05) is 47.5 Å². The van der Waals surface area contributed by atoms with Gasteiger partial charge in [0, 0.05) is 38.8 Å². The molecule has 0 spiro atoms. The highest BCUT2D eigenvalue weighted by Gasteiger charge is 2.19. The zero-order valence-corrected chi connectivity index (χ0v) is 17.3. The Hall–Kier alpha value is -2.99. The smallest absolute Gasteiger partial charge is 0.246 e. The summed E-state index contributed by atoms with van der Waals surface area (Å²) in [4.78, 5) is 16.9. The van der Waals surface area contributed by atoms with Gasteiger partial charge in [-0.2, -0.15) is 0 Å². The molecule has 1 aliphatic heterocycles. The third-order valence-corrected chi connectivity index (χ3v) is 5.04. The minimum absolute atomic E-state index is 0.0121. The Bertz CT molecular complexity index is 818. The van der Waals surface area contributed by atoms with Crippen LogP contribution in [0, 0.1) is 0 Å². The van der Waals surface area contributed by atoms with E-state index >= 15 is 0 Å². The molecule has 6 heteroatoms. The quantitative estimate of drug-likeness (QED) is 0.674. The second-order valence-electron chi connectivity index (χ2n) is 6.88. The van der Waals surface area contributed by atoms with Gasteiger partial charge in [0.25, 0.3) is 0 Å². The molecule has 0 radical (unpaired) electrons. The number of hydrogen-bond acceptors (Lipinski definition) is 5. The van der Waals surface area contributed by atoms with Crippen LogP contribution in [0.2, 0.25) is 0 Å². The average Bonchev–Trinajstić information content (AvgIpc) is 2.77. The van der Waals surface area contributed by atoms with Gasteiger partial charge in [-0.1, -0.05) is 30.3 Å². The van der Waals surface area contributed by atoms with Crippen LogP contribution in [0.3, 0.4) is 0 Å². The third-order valence-electron chi connectivity index (χ3n) is 5.04. The number of methoxy groups -OCH3 is 3. The van der Waals surface area contributed by atoms with E-state index in [2.05, 4.69) is 29.2 Å². The van der Waals surface area contributed by atoms with Crippen LogP contribution < -0.4 is 14.2 Å². The summed E-state index contributed by atoms with van der Waals surface area (Å²) in [6.45, 7) is 4.12. The zero-order chi connectivity index (χ0) is 20.6. The summed E-state index contributed by atoms with van der Waals surface area (Å²) in [7, 11) is 4.71. The first kappa shape index (κ1) is 20.7. The lowest BCUT2D eigenvalue weighted by atomic mass is 10.1. The summed E-state index contributed by atoms with van der Waals surface area (Å²) in [5, 5.41) is 0. The van der Waals surface area contributed by atoms with E-state index in [-0.39, 0.29) is 5.91 Å². The van der Waals surface area contributed by atoms with E-state index in [1.54, 1.807) is 33.5 Å². The molecular formula is C23H28N2O4. The van der Waals surface area contributed by atoms with Gasteiger partial charge < -0.3 is 19.1 Å². The highest BCUT2D eigenvalue weighted by Crippen LogP contribution is 2.38. The molecule has 1 amide bonds. The van der Waals surface area contributed by atoms with Gasteiger partial charge in [0.05, 0.1) is 21.3 Å². The van der Waals surface area contributed by atoms with Crippen molar-refractivity contribution in [3.05, 3.63) is 59.7 Å². The molecule has 1 aliphatic rings. The normalized spacial score (nSPS) is 14.8. The molecule has 0 N–H and O–H groups in total. The van der Waals surface area contributed by atoms with E-state index in [9.17, 15) is 4.79 Å². The van der Waals surface area contributed by atoms with Gasteiger partial charge in [0.1, 0.15) is 0 Å². The van der Waals surface area contributed by atoms with Gasteiger partial charge in [0.15, 0.2) is 11.5 Å². The van der Waals surface area contributed by atoms with E-state index in [0.717, 1.165) is 38.3 Å². The lowest BCUT2D eigenvalue weighted by Crippen LogP contribution is -2.47. The summed E-state index contributed by atoms with van der Waals surface area (Å²) < 4.78 is 16.1. The van der Waals surface area contributed by atoms with Crippen LogP contribution in [-0.4, -0.2) is 63.2 Å². The summed E-state index contributed by atoms with van der Waals surface area (Å²) in [6, 6.07) is 14.1. The first-order valence-electron chi connectivity index (χ1n) is 9.68. The molecule has 0 unspecified atom stereocenters. The molecule has 29 heavy (non-hydrogen) atoms. The molecule has 1 fully saturated rings. The Morgan fingerprint density at radius 3 is 2.10 bits per heavy atom. The standard InChI is InChI=1S/C23H28N2O4/c1-27-20-15-19(16-21(28-2)23(20)29-3)9-10-22(26)25-13-11-24(12-14-25)17-18-7-5-4-6-8-18/h4-10,15-16H,11-14,17H2,1-3H3/b10-9+. The molecule has 1 heterocycles.